The first-order valence-electron chi connectivity index (χ1n) is 8.09. The lowest BCUT2D eigenvalue weighted by Crippen LogP contribution is -2.91. The maximum absolute atomic E-state index is 9.58. The van der Waals surface area contributed by atoms with Gasteiger partial charge in [-0.3, -0.25) is 0 Å². The lowest BCUT2D eigenvalue weighted by atomic mass is 9.75. The third kappa shape index (κ3) is 3.30. The van der Waals surface area contributed by atoms with Crippen LogP contribution in [0.2, 0.25) is 10.0 Å². The molecule has 24 heavy (non-hydrogen) atoms. The zero-order valence-electron chi connectivity index (χ0n) is 13.7. The normalized spacial score (nSPS) is 27.1. The standard InChI is InChI=1S/C19H20Cl2N2O/c1-11-17(23-24)12(2)19(14-5-9-16(21)10-6-14)22-18(11)13-3-7-15(20)8-4-13/h3-12,18-19,22,24H,1-2H3/p+1/t11-,12-,18+,19+/m1/s1. The minimum atomic E-state index is 0.134. The van der Waals surface area contributed by atoms with Gasteiger partial charge in [0.15, 0.2) is 0 Å². The second-order valence-corrected chi connectivity index (χ2v) is 7.32. The molecule has 3 rings (SSSR count). The Balaban J connectivity index is 1.98. The van der Waals surface area contributed by atoms with Crippen molar-refractivity contribution < 1.29 is 10.5 Å². The van der Waals surface area contributed by atoms with Gasteiger partial charge >= 0.3 is 0 Å². The van der Waals surface area contributed by atoms with Gasteiger partial charge in [-0.05, 0) is 24.3 Å². The van der Waals surface area contributed by atoms with E-state index in [0.29, 0.717) is 0 Å². The molecule has 4 atom stereocenters. The van der Waals surface area contributed by atoms with Gasteiger partial charge in [0, 0.05) is 21.2 Å². The summed E-state index contributed by atoms with van der Waals surface area (Å²) in [6.07, 6.45) is 0. The number of rotatable bonds is 2. The van der Waals surface area contributed by atoms with Crippen molar-refractivity contribution in [1.82, 2.24) is 0 Å². The summed E-state index contributed by atoms with van der Waals surface area (Å²) in [6.45, 7) is 4.22. The molecule has 1 heterocycles. The van der Waals surface area contributed by atoms with Crippen LogP contribution in [-0.2, 0) is 0 Å². The predicted octanol–water partition coefficient (Wildman–Crippen LogP) is 4.46. The molecule has 5 heteroatoms. The molecule has 0 amide bonds. The number of nitrogens with two attached hydrogens (primary N) is 1. The number of benzene rings is 2. The van der Waals surface area contributed by atoms with E-state index in [-0.39, 0.29) is 23.9 Å². The molecule has 3 N–H and O–H groups in total. The molecule has 1 fully saturated rings. The molecule has 0 spiro atoms. The van der Waals surface area contributed by atoms with E-state index in [1.165, 1.54) is 11.1 Å². The number of oxime groups is 1. The average molecular weight is 364 g/mol. The van der Waals surface area contributed by atoms with Crippen molar-refractivity contribution >= 4 is 28.9 Å². The molecule has 1 saturated heterocycles. The van der Waals surface area contributed by atoms with Crippen LogP contribution in [0.15, 0.2) is 53.7 Å². The third-order valence-electron chi connectivity index (χ3n) is 5.05. The Hall–Kier alpha value is -1.55. The topological polar surface area (TPSA) is 49.2 Å². The highest BCUT2D eigenvalue weighted by atomic mass is 35.5. The van der Waals surface area contributed by atoms with Gasteiger partial charge in [0.05, 0.1) is 17.5 Å². The molecule has 0 bridgehead atoms. The molecule has 2 aromatic carbocycles. The van der Waals surface area contributed by atoms with Crippen molar-refractivity contribution in [3.05, 3.63) is 69.7 Å². The Morgan fingerprint density at radius 2 is 1.17 bits per heavy atom. The molecule has 126 valence electrons. The Morgan fingerprint density at radius 3 is 1.50 bits per heavy atom. The van der Waals surface area contributed by atoms with Gasteiger partial charge < -0.3 is 10.5 Å². The zero-order valence-corrected chi connectivity index (χ0v) is 15.2. The van der Waals surface area contributed by atoms with Crippen LogP contribution < -0.4 is 5.32 Å². The maximum Gasteiger partial charge on any atom is 0.120 e. The molecular weight excluding hydrogens is 343 g/mol. The number of piperidine rings is 1. The number of quaternary nitrogens is 1. The molecule has 0 aromatic heterocycles. The number of hydrogen-bond acceptors (Lipinski definition) is 2. The van der Waals surface area contributed by atoms with Crippen molar-refractivity contribution in [2.75, 3.05) is 0 Å². The van der Waals surface area contributed by atoms with E-state index in [2.05, 4.69) is 24.3 Å². The van der Waals surface area contributed by atoms with Crippen molar-refractivity contribution in [3.63, 3.8) is 0 Å². The van der Waals surface area contributed by atoms with Crippen LogP contribution in [0.4, 0.5) is 0 Å². The summed E-state index contributed by atoms with van der Waals surface area (Å²) in [5, 5.41) is 17.0. The number of halogens is 2. The van der Waals surface area contributed by atoms with Gasteiger partial charge in [-0.2, -0.15) is 0 Å². The van der Waals surface area contributed by atoms with Crippen LogP contribution in [0.1, 0.15) is 37.1 Å². The lowest BCUT2D eigenvalue weighted by molar-refractivity contribution is -0.747. The second kappa shape index (κ2) is 7.14. The van der Waals surface area contributed by atoms with Crippen molar-refractivity contribution in [2.45, 2.75) is 25.9 Å². The first-order chi connectivity index (χ1) is 11.5. The Kier molecular flexibility index (Phi) is 5.14. The van der Waals surface area contributed by atoms with E-state index >= 15 is 0 Å². The van der Waals surface area contributed by atoms with Crippen LogP contribution in [0.5, 0.6) is 0 Å². The van der Waals surface area contributed by atoms with Crippen LogP contribution in [0.25, 0.3) is 0 Å². The summed E-state index contributed by atoms with van der Waals surface area (Å²) in [4.78, 5) is 0. The maximum atomic E-state index is 9.58. The minimum absolute atomic E-state index is 0.134. The van der Waals surface area contributed by atoms with Gasteiger partial charge in [0.25, 0.3) is 0 Å². The molecule has 3 nitrogen and oxygen atoms in total. The van der Waals surface area contributed by atoms with Crippen LogP contribution in [0, 0.1) is 11.8 Å². The Labute approximate surface area is 152 Å². The highest BCUT2D eigenvalue weighted by Gasteiger charge is 2.42. The van der Waals surface area contributed by atoms with E-state index in [0.717, 1.165) is 15.8 Å². The fourth-order valence-electron chi connectivity index (χ4n) is 3.69. The highest BCUT2D eigenvalue weighted by Crippen LogP contribution is 2.34. The lowest BCUT2D eigenvalue weighted by Gasteiger charge is -2.37. The van der Waals surface area contributed by atoms with E-state index in [9.17, 15) is 5.21 Å². The summed E-state index contributed by atoms with van der Waals surface area (Å²) in [5.74, 6) is 0.268. The summed E-state index contributed by atoms with van der Waals surface area (Å²) in [7, 11) is 0. The van der Waals surface area contributed by atoms with E-state index < -0.39 is 0 Å². The highest BCUT2D eigenvalue weighted by molar-refractivity contribution is 6.30. The van der Waals surface area contributed by atoms with Crippen LogP contribution in [-0.4, -0.2) is 10.9 Å². The Bertz CT molecular complexity index is 669. The summed E-state index contributed by atoms with van der Waals surface area (Å²) in [6, 6.07) is 16.1. The largest absolute Gasteiger partial charge is 0.411 e. The van der Waals surface area contributed by atoms with Gasteiger partial charge in [0.2, 0.25) is 0 Å². The van der Waals surface area contributed by atoms with E-state index in [1.807, 2.05) is 48.5 Å². The van der Waals surface area contributed by atoms with Crippen molar-refractivity contribution in [3.8, 4) is 0 Å². The van der Waals surface area contributed by atoms with Gasteiger partial charge in [0.1, 0.15) is 12.1 Å². The molecule has 0 radical (unpaired) electrons. The quantitative estimate of drug-likeness (QED) is 0.600. The molecular formula is C19H21Cl2N2O+. The number of hydrogen-bond donors (Lipinski definition) is 2. The number of nitrogens with zero attached hydrogens (tertiary/aromatic N) is 1. The van der Waals surface area contributed by atoms with Gasteiger partial charge in [-0.1, -0.05) is 66.5 Å². The SMILES string of the molecule is C[C@@H]1C(=NO)[C@@H](C)[C@@H](c2ccc(Cl)cc2)[NH2+][C@@H]1c1ccc(Cl)cc1. The molecule has 1 aliphatic rings. The van der Waals surface area contributed by atoms with Gasteiger partial charge in [-0.25, -0.2) is 0 Å². The smallest absolute Gasteiger partial charge is 0.120 e. The summed E-state index contributed by atoms with van der Waals surface area (Å²) >= 11 is 12.0. The Morgan fingerprint density at radius 1 is 0.792 bits per heavy atom. The molecule has 0 aliphatic carbocycles. The average Bonchev–Trinajstić information content (AvgIpc) is 2.58. The summed E-state index contributed by atoms with van der Waals surface area (Å²) < 4.78 is 0. The zero-order chi connectivity index (χ0) is 17.3. The predicted molar refractivity (Wildman–Crippen MR) is 97.9 cm³/mol. The van der Waals surface area contributed by atoms with Gasteiger partial charge in [-0.15, -0.1) is 0 Å². The molecule has 0 unspecified atom stereocenters. The van der Waals surface area contributed by atoms with Crippen molar-refractivity contribution in [1.29, 1.82) is 0 Å². The van der Waals surface area contributed by atoms with Crippen molar-refractivity contribution in [2.24, 2.45) is 17.0 Å². The van der Waals surface area contributed by atoms with Crippen LogP contribution >= 0.6 is 23.2 Å². The second-order valence-electron chi connectivity index (χ2n) is 6.45. The fourth-order valence-corrected chi connectivity index (χ4v) is 3.94. The first-order valence-corrected chi connectivity index (χ1v) is 8.84. The minimum Gasteiger partial charge on any atom is -0.411 e. The van der Waals surface area contributed by atoms with Crippen LogP contribution in [0.3, 0.4) is 0 Å². The first kappa shape index (κ1) is 17.3. The van der Waals surface area contributed by atoms with E-state index in [1.54, 1.807) is 0 Å². The molecule has 2 aromatic rings. The summed E-state index contributed by atoms with van der Waals surface area (Å²) in [5.41, 5.74) is 3.19. The third-order valence-corrected chi connectivity index (χ3v) is 5.55. The van der Waals surface area contributed by atoms with E-state index in [4.69, 9.17) is 23.2 Å². The monoisotopic (exact) mass is 363 g/mol. The molecule has 0 saturated carbocycles. The molecule has 1 aliphatic heterocycles. The fraction of sp³-hybridized carbons (Fsp3) is 0.316.